The zero-order valence-corrected chi connectivity index (χ0v) is 15.0. The van der Waals surface area contributed by atoms with Crippen LogP contribution in [0.5, 0.6) is 17.8 Å². The van der Waals surface area contributed by atoms with Crippen molar-refractivity contribution in [1.29, 1.82) is 0 Å². The average molecular weight is 355 g/mol. The van der Waals surface area contributed by atoms with Gasteiger partial charge in [-0.25, -0.2) is 0 Å². The third-order valence-electron chi connectivity index (χ3n) is 3.69. The molecular weight excluding hydrogens is 334 g/mol. The lowest BCUT2D eigenvalue weighted by Gasteiger charge is -2.13. The number of hydrogen-bond acceptors (Lipinski definition) is 6. The van der Waals surface area contributed by atoms with Gasteiger partial charge in [0.1, 0.15) is 0 Å². The molecule has 7 heteroatoms. The standard InChI is InChI=1S/C19H21N3O4/c1-4-24-17-14(18(25-5-2)22-19(21-17)26-6-3)11-13-12-9-7-8-10-15(12)20-16(13)23/h7-11H,4-6H2,1-3H3,(H,20,23)/b13-11-. The van der Waals surface area contributed by atoms with Crippen LogP contribution in [-0.2, 0) is 4.79 Å². The number of amides is 1. The van der Waals surface area contributed by atoms with Crippen LogP contribution >= 0.6 is 0 Å². The number of hydrogen-bond donors (Lipinski definition) is 1. The van der Waals surface area contributed by atoms with E-state index in [1.807, 2.05) is 45.0 Å². The molecule has 1 aromatic heterocycles. The third-order valence-corrected chi connectivity index (χ3v) is 3.69. The molecule has 2 aromatic rings. The fourth-order valence-electron chi connectivity index (χ4n) is 2.65. The number of anilines is 1. The quantitative estimate of drug-likeness (QED) is 0.768. The minimum atomic E-state index is -0.190. The molecule has 0 radical (unpaired) electrons. The van der Waals surface area contributed by atoms with E-state index in [9.17, 15) is 4.79 Å². The molecular formula is C19H21N3O4. The maximum Gasteiger partial charge on any atom is 0.323 e. The second-order valence-electron chi connectivity index (χ2n) is 5.39. The van der Waals surface area contributed by atoms with E-state index in [-0.39, 0.29) is 11.9 Å². The van der Waals surface area contributed by atoms with Crippen molar-refractivity contribution in [2.75, 3.05) is 25.1 Å². The monoisotopic (exact) mass is 355 g/mol. The van der Waals surface area contributed by atoms with Gasteiger partial charge in [-0.1, -0.05) is 18.2 Å². The summed E-state index contributed by atoms with van der Waals surface area (Å²) >= 11 is 0. The molecule has 0 fully saturated rings. The van der Waals surface area contributed by atoms with Crippen LogP contribution in [0.4, 0.5) is 5.69 Å². The molecule has 26 heavy (non-hydrogen) atoms. The van der Waals surface area contributed by atoms with Gasteiger partial charge in [-0.05, 0) is 32.9 Å². The Morgan fingerprint density at radius 3 is 2.19 bits per heavy atom. The molecule has 0 unspecified atom stereocenters. The van der Waals surface area contributed by atoms with Gasteiger partial charge in [-0.2, -0.15) is 9.97 Å². The molecule has 0 atom stereocenters. The lowest BCUT2D eigenvalue weighted by molar-refractivity contribution is -0.110. The summed E-state index contributed by atoms with van der Waals surface area (Å²) in [6, 6.07) is 7.68. The van der Waals surface area contributed by atoms with Gasteiger partial charge in [0.2, 0.25) is 11.8 Å². The Bertz CT molecular complexity index is 821. The molecule has 1 aromatic carbocycles. The Balaban J connectivity index is 2.15. The fraction of sp³-hybridized carbons (Fsp3) is 0.316. The molecule has 1 amide bonds. The van der Waals surface area contributed by atoms with Crippen LogP contribution in [0.3, 0.4) is 0 Å². The number of benzene rings is 1. The Morgan fingerprint density at radius 2 is 1.58 bits per heavy atom. The highest BCUT2D eigenvalue weighted by Crippen LogP contribution is 2.37. The molecule has 0 saturated carbocycles. The average Bonchev–Trinajstić information content (AvgIpc) is 2.94. The molecule has 136 valence electrons. The van der Waals surface area contributed by atoms with Crippen LogP contribution in [0.2, 0.25) is 0 Å². The predicted molar refractivity (Wildman–Crippen MR) is 98.5 cm³/mol. The van der Waals surface area contributed by atoms with Gasteiger partial charge in [0.05, 0.1) is 25.4 Å². The Labute approximate surface area is 152 Å². The van der Waals surface area contributed by atoms with E-state index in [2.05, 4.69) is 15.3 Å². The molecule has 7 nitrogen and oxygen atoms in total. The number of carbonyl (C=O) groups excluding carboxylic acids is 1. The minimum absolute atomic E-state index is 0.179. The second kappa shape index (κ2) is 7.86. The second-order valence-corrected chi connectivity index (χ2v) is 5.39. The van der Waals surface area contributed by atoms with Crippen LogP contribution in [-0.4, -0.2) is 35.7 Å². The van der Waals surface area contributed by atoms with Gasteiger partial charge in [-0.3, -0.25) is 4.79 Å². The minimum Gasteiger partial charge on any atom is -0.477 e. The van der Waals surface area contributed by atoms with Crippen molar-refractivity contribution in [3.05, 3.63) is 35.4 Å². The molecule has 0 bridgehead atoms. The summed E-state index contributed by atoms with van der Waals surface area (Å²) in [7, 11) is 0. The first-order chi connectivity index (χ1) is 12.7. The third kappa shape index (κ3) is 3.46. The number of nitrogens with zero attached hydrogens (tertiary/aromatic N) is 2. The van der Waals surface area contributed by atoms with Crippen LogP contribution in [0.1, 0.15) is 31.9 Å². The van der Waals surface area contributed by atoms with Crippen molar-refractivity contribution in [3.63, 3.8) is 0 Å². The number of nitrogens with one attached hydrogen (secondary N) is 1. The van der Waals surface area contributed by atoms with Gasteiger partial charge in [0.15, 0.2) is 0 Å². The van der Waals surface area contributed by atoms with Crippen molar-refractivity contribution in [3.8, 4) is 17.8 Å². The maximum atomic E-state index is 12.4. The van der Waals surface area contributed by atoms with Gasteiger partial charge in [0, 0.05) is 16.8 Å². The Hall–Kier alpha value is -3.09. The number of fused-ring (bicyclic) bond motifs is 1. The van der Waals surface area contributed by atoms with E-state index < -0.39 is 0 Å². The molecule has 1 aliphatic rings. The van der Waals surface area contributed by atoms with Crippen LogP contribution in [0.25, 0.3) is 11.6 Å². The highest BCUT2D eigenvalue weighted by molar-refractivity contribution is 6.35. The molecule has 0 aliphatic carbocycles. The first-order valence-corrected chi connectivity index (χ1v) is 8.60. The molecule has 3 rings (SSSR count). The van der Waals surface area contributed by atoms with E-state index in [0.717, 1.165) is 11.3 Å². The van der Waals surface area contributed by atoms with Gasteiger partial charge < -0.3 is 19.5 Å². The maximum absolute atomic E-state index is 12.4. The number of carbonyl (C=O) groups is 1. The molecule has 0 spiro atoms. The Kier molecular flexibility index (Phi) is 5.36. The summed E-state index contributed by atoms with van der Waals surface area (Å²) in [5.41, 5.74) is 2.61. The van der Waals surface area contributed by atoms with Crippen molar-refractivity contribution in [2.45, 2.75) is 20.8 Å². The highest BCUT2D eigenvalue weighted by Gasteiger charge is 2.26. The lowest BCUT2D eigenvalue weighted by Crippen LogP contribution is -2.08. The van der Waals surface area contributed by atoms with Gasteiger partial charge in [0.25, 0.3) is 5.91 Å². The molecule has 1 aliphatic heterocycles. The SMILES string of the molecule is CCOc1nc(OCC)c(/C=C2\C(=O)Nc3ccccc32)c(OCC)n1. The van der Waals surface area contributed by atoms with Crippen LogP contribution < -0.4 is 19.5 Å². The molecule has 0 saturated heterocycles. The number of para-hydroxylation sites is 1. The number of ether oxygens (including phenoxy) is 3. The largest absolute Gasteiger partial charge is 0.477 e. The topological polar surface area (TPSA) is 82.6 Å². The highest BCUT2D eigenvalue weighted by atomic mass is 16.5. The number of aromatic nitrogens is 2. The van der Waals surface area contributed by atoms with Crippen molar-refractivity contribution < 1.29 is 19.0 Å². The van der Waals surface area contributed by atoms with Crippen molar-refractivity contribution >= 4 is 23.2 Å². The molecule has 2 heterocycles. The fourth-order valence-corrected chi connectivity index (χ4v) is 2.65. The summed E-state index contributed by atoms with van der Waals surface area (Å²) in [5.74, 6) is 0.447. The van der Waals surface area contributed by atoms with E-state index in [1.165, 1.54) is 0 Å². The van der Waals surface area contributed by atoms with Crippen molar-refractivity contribution in [1.82, 2.24) is 9.97 Å². The van der Waals surface area contributed by atoms with Gasteiger partial charge >= 0.3 is 6.01 Å². The van der Waals surface area contributed by atoms with Crippen molar-refractivity contribution in [2.24, 2.45) is 0 Å². The zero-order valence-electron chi connectivity index (χ0n) is 15.0. The van der Waals surface area contributed by atoms with Crippen LogP contribution in [0.15, 0.2) is 24.3 Å². The van der Waals surface area contributed by atoms with E-state index in [1.54, 1.807) is 6.08 Å². The number of rotatable bonds is 7. The summed E-state index contributed by atoms with van der Waals surface area (Å²) in [4.78, 5) is 21.0. The smallest absolute Gasteiger partial charge is 0.323 e. The molecule has 1 N–H and O–H groups in total. The van der Waals surface area contributed by atoms with E-state index >= 15 is 0 Å². The normalized spacial score (nSPS) is 14.1. The summed E-state index contributed by atoms with van der Waals surface area (Å²) in [6.07, 6.45) is 1.70. The first-order valence-electron chi connectivity index (χ1n) is 8.60. The van der Waals surface area contributed by atoms with E-state index in [4.69, 9.17) is 14.2 Å². The summed E-state index contributed by atoms with van der Waals surface area (Å²) in [6.45, 7) is 6.81. The Morgan fingerprint density at radius 1 is 0.962 bits per heavy atom. The predicted octanol–water partition coefficient (Wildman–Crippen LogP) is 3.17. The first kappa shape index (κ1) is 17.7. The van der Waals surface area contributed by atoms with E-state index in [0.29, 0.717) is 42.7 Å². The summed E-state index contributed by atoms with van der Waals surface area (Å²) in [5, 5.41) is 2.85. The van der Waals surface area contributed by atoms with Gasteiger partial charge in [-0.15, -0.1) is 0 Å². The zero-order chi connectivity index (χ0) is 18.5. The summed E-state index contributed by atoms with van der Waals surface area (Å²) < 4.78 is 16.7. The lowest BCUT2D eigenvalue weighted by atomic mass is 10.0. The van der Waals surface area contributed by atoms with Crippen LogP contribution in [0, 0.1) is 0 Å².